The molecule has 0 aromatic heterocycles. The van der Waals surface area contributed by atoms with E-state index in [1.807, 2.05) is 6.92 Å². The second-order valence-corrected chi connectivity index (χ2v) is 12.2. The normalized spacial score (nSPS) is 46.2. The standard InChI is InChI=1S/C27H46O3/c1-17(5-10-25(30)18(2)16-28)22-8-9-23-21-7-6-19-15-20(29)11-13-26(19,3)24(21)12-14-27(22,23)4/h6,17-18,20-25,28-30H,5,7-16H2,1-4H3/t17-,18?,20+,21+,22-,23+,24+,25+,26+,27-/m1/s1. The van der Waals surface area contributed by atoms with Gasteiger partial charge in [-0.2, -0.15) is 0 Å². The van der Waals surface area contributed by atoms with Gasteiger partial charge in [-0.25, -0.2) is 0 Å². The predicted molar refractivity (Wildman–Crippen MR) is 122 cm³/mol. The first-order valence-electron chi connectivity index (χ1n) is 12.9. The van der Waals surface area contributed by atoms with Crippen molar-refractivity contribution >= 4 is 0 Å². The molecule has 3 nitrogen and oxygen atoms in total. The molecule has 0 aliphatic heterocycles. The second-order valence-electron chi connectivity index (χ2n) is 12.2. The molecular formula is C27H46O3. The summed E-state index contributed by atoms with van der Waals surface area (Å²) in [6, 6.07) is 0. The first-order chi connectivity index (χ1) is 14.2. The smallest absolute Gasteiger partial charge is 0.0587 e. The molecule has 0 bridgehead atoms. The largest absolute Gasteiger partial charge is 0.396 e. The number of hydrogen-bond donors (Lipinski definition) is 3. The van der Waals surface area contributed by atoms with Crippen LogP contribution in [-0.2, 0) is 0 Å². The molecule has 30 heavy (non-hydrogen) atoms. The Morgan fingerprint density at radius 3 is 2.53 bits per heavy atom. The van der Waals surface area contributed by atoms with E-state index in [2.05, 4.69) is 26.8 Å². The van der Waals surface area contributed by atoms with Crippen molar-refractivity contribution in [3.8, 4) is 0 Å². The Kier molecular flexibility index (Phi) is 6.48. The molecule has 4 aliphatic carbocycles. The van der Waals surface area contributed by atoms with Gasteiger partial charge >= 0.3 is 0 Å². The molecule has 4 rings (SSSR count). The summed E-state index contributed by atoms with van der Waals surface area (Å²) in [5.74, 6) is 3.87. The lowest BCUT2D eigenvalue weighted by Gasteiger charge is -2.58. The van der Waals surface area contributed by atoms with Gasteiger partial charge in [0.2, 0.25) is 0 Å². The molecule has 3 N–H and O–H groups in total. The highest BCUT2D eigenvalue weighted by Gasteiger charge is 2.59. The molecule has 3 saturated carbocycles. The molecule has 0 heterocycles. The van der Waals surface area contributed by atoms with E-state index < -0.39 is 0 Å². The molecule has 3 heteroatoms. The quantitative estimate of drug-likeness (QED) is 0.511. The van der Waals surface area contributed by atoms with Crippen molar-refractivity contribution in [2.75, 3.05) is 6.61 Å². The fourth-order valence-electron chi connectivity index (χ4n) is 8.66. The van der Waals surface area contributed by atoms with Crippen molar-refractivity contribution in [1.82, 2.24) is 0 Å². The van der Waals surface area contributed by atoms with Crippen molar-refractivity contribution in [1.29, 1.82) is 0 Å². The maximum atomic E-state index is 10.3. The summed E-state index contributed by atoms with van der Waals surface area (Å²) >= 11 is 0. The van der Waals surface area contributed by atoms with Crippen molar-refractivity contribution < 1.29 is 15.3 Å². The minimum Gasteiger partial charge on any atom is -0.396 e. The summed E-state index contributed by atoms with van der Waals surface area (Å²) in [7, 11) is 0. The average molecular weight is 419 g/mol. The van der Waals surface area contributed by atoms with Crippen LogP contribution in [0, 0.1) is 46.3 Å². The zero-order valence-corrected chi connectivity index (χ0v) is 19.8. The molecule has 0 amide bonds. The van der Waals surface area contributed by atoms with E-state index in [0.717, 1.165) is 49.4 Å². The molecular weight excluding hydrogens is 372 g/mol. The van der Waals surface area contributed by atoms with Crippen LogP contribution >= 0.6 is 0 Å². The van der Waals surface area contributed by atoms with Gasteiger partial charge in [0.25, 0.3) is 0 Å². The number of aliphatic hydroxyl groups is 3. The first kappa shape index (κ1) is 22.8. The SMILES string of the molecule is CC(CO)[C@@H](O)CC[C@@H](C)[C@H]1CC[C@H]2[C@@H]3CC=C4C[C@@H](O)CC[C@]4(C)[C@H]3CC[C@]12C. The second kappa shape index (κ2) is 8.52. The van der Waals surface area contributed by atoms with Crippen molar-refractivity contribution in [3.05, 3.63) is 11.6 Å². The van der Waals surface area contributed by atoms with Gasteiger partial charge in [0.05, 0.1) is 12.2 Å². The Balaban J connectivity index is 1.46. The predicted octanol–water partition coefficient (Wildman–Crippen LogP) is 5.33. The molecule has 10 atom stereocenters. The van der Waals surface area contributed by atoms with Crippen LogP contribution in [0.4, 0.5) is 0 Å². The molecule has 0 radical (unpaired) electrons. The van der Waals surface area contributed by atoms with Crippen molar-refractivity contribution in [2.45, 2.75) is 104 Å². The molecule has 4 aliphatic rings. The van der Waals surface area contributed by atoms with Crippen LogP contribution in [0.3, 0.4) is 0 Å². The summed E-state index contributed by atoms with van der Waals surface area (Å²) in [6.45, 7) is 9.56. The number of aliphatic hydroxyl groups excluding tert-OH is 3. The first-order valence-corrected chi connectivity index (χ1v) is 12.9. The van der Waals surface area contributed by atoms with Crippen LogP contribution < -0.4 is 0 Å². The highest BCUT2D eigenvalue weighted by atomic mass is 16.3. The Morgan fingerprint density at radius 2 is 1.80 bits per heavy atom. The van der Waals surface area contributed by atoms with Crippen molar-refractivity contribution in [3.63, 3.8) is 0 Å². The van der Waals surface area contributed by atoms with Gasteiger partial charge in [-0.1, -0.05) is 39.3 Å². The minimum absolute atomic E-state index is 0.0162. The van der Waals surface area contributed by atoms with Crippen LogP contribution in [-0.4, -0.2) is 34.1 Å². The Bertz CT molecular complexity index is 644. The van der Waals surface area contributed by atoms with Gasteiger partial charge in [0.1, 0.15) is 0 Å². The van der Waals surface area contributed by atoms with E-state index >= 15 is 0 Å². The Morgan fingerprint density at radius 1 is 1.03 bits per heavy atom. The van der Waals surface area contributed by atoms with Gasteiger partial charge in [0.15, 0.2) is 0 Å². The van der Waals surface area contributed by atoms with E-state index in [1.54, 1.807) is 5.57 Å². The van der Waals surface area contributed by atoms with Gasteiger partial charge in [-0.15, -0.1) is 0 Å². The topological polar surface area (TPSA) is 60.7 Å². The number of rotatable bonds is 6. The van der Waals surface area contributed by atoms with Crippen LogP contribution in [0.2, 0.25) is 0 Å². The van der Waals surface area contributed by atoms with Crippen LogP contribution in [0.1, 0.15) is 91.9 Å². The van der Waals surface area contributed by atoms with Crippen LogP contribution in [0.25, 0.3) is 0 Å². The number of hydrogen-bond acceptors (Lipinski definition) is 3. The van der Waals surface area contributed by atoms with Crippen LogP contribution in [0.15, 0.2) is 11.6 Å². The van der Waals surface area contributed by atoms with Crippen molar-refractivity contribution in [2.24, 2.45) is 46.3 Å². The number of fused-ring (bicyclic) bond motifs is 5. The number of allylic oxidation sites excluding steroid dienone is 1. The summed E-state index contributed by atoms with van der Waals surface area (Å²) in [5, 5.41) is 29.9. The Hall–Kier alpha value is -0.380. The maximum absolute atomic E-state index is 10.3. The van der Waals surface area contributed by atoms with Crippen LogP contribution in [0.5, 0.6) is 0 Å². The summed E-state index contributed by atoms with van der Waals surface area (Å²) < 4.78 is 0. The average Bonchev–Trinajstić information content (AvgIpc) is 3.09. The molecule has 0 saturated heterocycles. The molecule has 172 valence electrons. The third-order valence-corrected chi connectivity index (χ3v) is 10.7. The minimum atomic E-state index is -0.373. The molecule has 1 unspecified atom stereocenters. The van der Waals surface area contributed by atoms with Gasteiger partial charge < -0.3 is 15.3 Å². The third kappa shape index (κ3) is 3.71. The van der Waals surface area contributed by atoms with Gasteiger partial charge in [0, 0.05) is 12.5 Å². The molecule has 3 fully saturated rings. The lowest BCUT2D eigenvalue weighted by molar-refractivity contribution is -0.0581. The fraction of sp³-hybridized carbons (Fsp3) is 0.926. The highest BCUT2D eigenvalue weighted by Crippen LogP contribution is 2.67. The van der Waals surface area contributed by atoms with E-state index in [4.69, 9.17) is 0 Å². The summed E-state index contributed by atoms with van der Waals surface area (Å²) in [5.41, 5.74) is 2.35. The molecule has 0 aromatic rings. The van der Waals surface area contributed by atoms with E-state index in [1.165, 1.54) is 38.5 Å². The van der Waals surface area contributed by atoms with E-state index in [0.29, 0.717) is 16.7 Å². The third-order valence-electron chi connectivity index (χ3n) is 10.7. The van der Waals surface area contributed by atoms with E-state index in [9.17, 15) is 15.3 Å². The maximum Gasteiger partial charge on any atom is 0.0587 e. The summed E-state index contributed by atoms with van der Waals surface area (Å²) in [6.07, 6.45) is 13.7. The monoisotopic (exact) mass is 418 g/mol. The fourth-order valence-corrected chi connectivity index (χ4v) is 8.66. The van der Waals surface area contributed by atoms with Gasteiger partial charge in [-0.05, 0) is 105 Å². The highest BCUT2D eigenvalue weighted by molar-refractivity contribution is 5.25. The molecule has 0 aromatic carbocycles. The summed E-state index contributed by atoms with van der Waals surface area (Å²) in [4.78, 5) is 0. The lowest BCUT2D eigenvalue weighted by Crippen LogP contribution is -2.50. The Labute approximate surface area is 184 Å². The molecule has 0 spiro atoms. The zero-order chi connectivity index (χ0) is 21.7. The lowest BCUT2D eigenvalue weighted by atomic mass is 9.47. The van der Waals surface area contributed by atoms with E-state index in [-0.39, 0.29) is 24.7 Å². The zero-order valence-electron chi connectivity index (χ0n) is 19.8. The van der Waals surface area contributed by atoms with Gasteiger partial charge in [-0.3, -0.25) is 0 Å².